The number of nitrogens with one attached hydrogen (secondary N) is 2. The number of carboxylic acid groups (broad SMARTS) is 1. The molecule has 1 aromatic heterocycles. The lowest BCUT2D eigenvalue weighted by molar-refractivity contribution is 0.0698. The zero-order chi connectivity index (χ0) is 16.1. The van der Waals surface area contributed by atoms with Crippen LogP contribution in [0, 0.1) is 0 Å². The van der Waals surface area contributed by atoms with Crippen LogP contribution in [0.1, 0.15) is 10.4 Å². The summed E-state index contributed by atoms with van der Waals surface area (Å²) in [5, 5.41) is 15.4. The van der Waals surface area contributed by atoms with E-state index < -0.39 is 5.97 Å². The van der Waals surface area contributed by atoms with Gasteiger partial charge in [0.2, 0.25) is 0 Å². The van der Waals surface area contributed by atoms with Gasteiger partial charge in [0.1, 0.15) is 18.0 Å². The lowest BCUT2D eigenvalue weighted by Gasteiger charge is -2.10. The van der Waals surface area contributed by atoms with Gasteiger partial charge in [-0.15, -0.1) is 0 Å². The molecule has 6 nitrogen and oxygen atoms in total. The maximum absolute atomic E-state index is 11.2. The zero-order valence-corrected chi connectivity index (χ0v) is 12.1. The van der Waals surface area contributed by atoms with E-state index in [2.05, 4.69) is 20.6 Å². The Labute approximate surface area is 132 Å². The summed E-state index contributed by atoms with van der Waals surface area (Å²) in [6, 6.07) is 18.0. The van der Waals surface area contributed by atoms with E-state index in [4.69, 9.17) is 0 Å². The van der Waals surface area contributed by atoms with Gasteiger partial charge in [0.05, 0.1) is 11.3 Å². The number of aromatic carboxylic acids is 1. The topological polar surface area (TPSA) is 87.1 Å². The molecule has 0 fully saturated rings. The number of carboxylic acids is 1. The Morgan fingerprint density at radius 1 is 0.870 bits per heavy atom. The molecule has 3 rings (SSSR count). The molecular weight excluding hydrogens is 292 g/mol. The number of anilines is 4. The molecule has 0 atom stereocenters. The summed E-state index contributed by atoms with van der Waals surface area (Å²) in [5.41, 5.74) is 1.57. The van der Waals surface area contributed by atoms with Crippen molar-refractivity contribution in [3.63, 3.8) is 0 Å². The van der Waals surface area contributed by atoms with E-state index in [0.29, 0.717) is 17.3 Å². The van der Waals surface area contributed by atoms with Crippen molar-refractivity contribution >= 4 is 29.0 Å². The van der Waals surface area contributed by atoms with Gasteiger partial charge in [-0.1, -0.05) is 30.3 Å². The molecule has 0 aliphatic carbocycles. The second-order valence-corrected chi connectivity index (χ2v) is 4.76. The second kappa shape index (κ2) is 6.57. The van der Waals surface area contributed by atoms with Crippen molar-refractivity contribution in [3.05, 3.63) is 72.6 Å². The number of rotatable bonds is 5. The van der Waals surface area contributed by atoms with Crippen molar-refractivity contribution in [2.24, 2.45) is 0 Å². The Kier molecular flexibility index (Phi) is 4.15. The first-order valence-electron chi connectivity index (χ1n) is 6.96. The van der Waals surface area contributed by atoms with Crippen LogP contribution in [0.25, 0.3) is 0 Å². The highest BCUT2D eigenvalue weighted by atomic mass is 16.4. The van der Waals surface area contributed by atoms with E-state index in [1.807, 2.05) is 30.3 Å². The zero-order valence-electron chi connectivity index (χ0n) is 12.1. The molecule has 3 N–H and O–H groups in total. The molecule has 0 amide bonds. The van der Waals surface area contributed by atoms with Crippen molar-refractivity contribution in [3.8, 4) is 0 Å². The largest absolute Gasteiger partial charge is 0.478 e. The van der Waals surface area contributed by atoms with Crippen LogP contribution < -0.4 is 10.6 Å². The van der Waals surface area contributed by atoms with Gasteiger partial charge in [-0.3, -0.25) is 0 Å². The summed E-state index contributed by atoms with van der Waals surface area (Å²) in [7, 11) is 0. The van der Waals surface area contributed by atoms with Crippen LogP contribution in [0.15, 0.2) is 67.0 Å². The summed E-state index contributed by atoms with van der Waals surface area (Å²) >= 11 is 0. The third kappa shape index (κ3) is 3.62. The molecule has 0 spiro atoms. The fourth-order valence-electron chi connectivity index (χ4n) is 2.08. The summed E-state index contributed by atoms with van der Waals surface area (Å²) in [4.78, 5) is 19.5. The molecule has 0 saturated heterocycles. The van der Waals surface area contributed by atoms with Gasteiger partial charge in [0.15, 0.2) is 0 Å². The summed E-state index contributed by atoms with van der Waals surface area (Å²) in [6.45, 7) is 0. The Hall–Kier alpha value is -3.41. The number of nitrogens with zero attached hydrogens (tertiary/aromatic N) is 2. The van der Waals surface area contributed by atoms with E-state index in [1.165, 1.54) is 12.4 Å². The number of carbonyl (C=O) groups is 1. The summed E-state index contributed by atoms with van der Waals surface area (Å²) < 4.78 is 0. The van der Waals surface area contributed by atoms with Crippen LogP contribution >= 0.6 is 0 Å². The monoisotopic (exact) mass is 306 g/mol. The van der Waals surface area contributed by atoms with Gasteiger partial charge in [-0.05, 0) is 24.3 Å². The normalized spacial score (nSPS) is 10.1. The molecule has 2 aromatic carbocycles. The summed E-state index contributed by atoms with van der Waals surface area (Å²) in [6.07, 6.45) is 1.41. The second-order valence-electron chi connectivity index (χ2n) is 4.76. The molecule has 0 bridgehead atoms. The smallest absolute Gasteiger partial charge is 0.337 e. The number of benzene rings is 2. The van der Waals surface area contributed by atoms with E-state index in [0.717, 1.165) is 5.69 Å². The first kappa shape index (κ1) is 14.5. The maximum atomic E-state index is 11.2. The van der Waals surface area contributed by atoms with E-state index >= 15 is 0 Å². The van der Waals surface area contributed by atoms with Gasteiger partial charge in [0, 0.05) is 11.8 Å². The fourth-order valence-corrected chi connectivity index (χ4v) is 2.08. The van der Waals surface area contributed by atoms with Gasteiger partial charge in [-0.2, -0.15) is 0 Å². The summed E-state index contributed by atoms with van der Waals surface area (Å²) in [5.74, 6) is 0.124. The molecule has 0 unspecified atom stereocenters. The molecular formula is C17H14N4O2. The predicted octanol–water partition coefficient (Wildman–Crippen LogP) is 3.66. The highest BCUT2D eigenvalue weighted by Gasteiger charge is 2.09. The number of para-hydroxylation sites is 2. The van der Waals surface area contributed by atoms with Crippen molar-refractivity contribution in [2.45, 2.75) is 0 Å². The average molecular weight is 306 g/mol. The molecule has 0 aliphatic heterocycles. The molecule has 6 heteroatoms. The fraction of sp³-hybridized carbons (Fsp3) is 0. The molecule has 0 saturated carbocycles. The predicted molar refractivity (Wildman–Crippen MR) is 88.4 cm³/mol. The van der Waals surface area contributed by atoms with Gasteiger partial charge >= 0.3 is 5.97 Å². The molecule has 114 valence electrons. The number of hydrogen-bond acceptors (Lipinski definition) is 5. The SMILES string of the molecule is O=C(O)c1ccccc1Nc1cc(Nc2ccccc2)ncn1. The van der Waals surface area contributed by atoms with Crippen molar-refractivity contribution < 1.29 is 9.90 Å². The highest BCUT2D eigenvalue weighted by Crippen LogP contribution is 2.21. The lowest BCUT2D eigenvalue weighted by Crippen LogP contribution is -2.04. The van der Waals surface area contributed by atoms with Gasteiger partial charge in [0.25, 0.3) is 0 Å². The average Bonchev–Trinajstić information content (AvgIpc) is 2.56. The van der Waals surface area contributed by atoms with Crippen LogP contribution in [-0.2, 0) is 0 Å². The maximum Gasteiger partial charge on any atom is 0.337 e. The Bertz CT molecular complexity index is 822. The molecule has 3 aromatic rings. The Morgan fingerprint density at radius 2 is 1.52 bits per heavy atom. The van der Waals surface area contributed by atoms with Crippen molar-refractivity contribution in [1.29, 1.82) is 0 Å². The minimum Gasteiger partial charge on any atom is -0.478 e. The van der Waals surface area contributed by atoms with Gasteiger partial charge in [-0.25, -0.2) is 14.8 Å². The standard InChI is InChI=1S/C17H14N4O2/c22-17(23)13-8-4-5-9-14(13)21-16-10-15(18-11-19-16)20-12-6-2-1-3-7-12/h1-11H,(H,22,23)(H2,18,19,20,21). The third-order valence-electron chi connectivity index (χ3n) is 3.13. The van der Waals surface area contributed by atoms with Crippen molar-refractivity contribution in [1.82, 2.24) is 9.97 Å². The first-order valence-corrected chi connectivity index (χ1v) is 6.96. The minimum atomic E-state index is -0.996. The van der Waals surface area contributed by atoms with Crippen LogP contribution in [0.5, 0.6) is 0 Å². The van der Waals surface area contributed by atoms with E-state index in [-0.39, 0.29) is 5.56 Å². The van der Waals surface area contributed by atoms with E-state index in [9.17, 15) is 9.90 Å². The minimum absolute atomic E-state index is 0.184. The van der Waals surface area contributed by atoms with Crippen LogP contribution in [0.2, 0.25) is 0 Å². The lowest BCUT2D eigenvalue weighted by atomic mass is 10.2. The number of aromatic nitrogens is 2. The number of hydrogen-bond donors (Lipinski definition) is 3. The third-order valence-corrected chi connectivity index (χ3v) is 3.13. The van der Waals surface area contributed by atoms with Crippen LogP contribution in [0.3, 0.4) is 0 Å². The van der Waals surface area contributed by atoms with E-state index in [1.54, 1.807) is 24.3 Å². The van der Waals surface area contributed by atoms with Gasteiger partial charge < -0.3 is 15.7 Å². The molecule has 23 heavy (non-hydrogen) atoms. The van der Waals surface area contributed by atoms with Crippen LogP contribution in [-0.4, -0.2) is 21.0 Å². The van der Waals surface area contributed by atoms with Crippen LogP contribution in [0.4, 0.5) is 23.0 Å². The Balaban J connectivity index is 1.82. The quantitative estimate of drug-likeness (QED) is 0.667. The van der Waals surface area contributed by atoms with Crippen molar-refractivity contribution in [2.75, 3.05) is 10.6 Å². The molecule has 0 aliphatic rings. The Morgan fingerprint density at radius 3 is 2.26 bits per heavy atom. The molecule has 1 heterocycles. The molecule has 0 radical (unpaired) electrons. The first-order chi connectivity index (χ1) is 11.2. The highest BCUT2D eigenvalue weighted by molar-refractivity contribution is 5.95.